The number of hydrogen-bond donors (Lipinski definition) is 2. The van der Waals surface area contributed by atoms with Gasteiger partial charge in [0.05, 0.1) is 25.2 Å². The number of aryl methyl sites for hydroxylation is 3. The topological polar surface area (TPSA) is 142 Å². The van der Waals surface area contributed by atoms with Crippen molar-refractivity contribution in [1.82, 2.24) is 29.0 Å². The van der Waals surface area contributed by atoms with Crippen LogP contribution in [0.25, 0.3) is 11.0 Å². The number of ether oxygens (including phenoxy) is 1. The molecule has 3 aromatic heterocycles. The van der Waals surface area contributed by atoms with Crippen molar-refractivity contribution >= 4 is 22.8 Å². The zero-order valence-electron chi connectivity index (χ0n) is 23.2. The maximum absolute atomic E-state index is 14.1. The van der Waals surface area contributed by atoms with Gasteiger partial charge in [0, 0.05) is 51.2 Å². The van der Waals surface area contributed by atoms with Crippen molar-refractivity contribution < 1.29 is 9.53 Å². The number of amides is 1. The van der Waals surface area contributed by atoms with Crippen LogP contribution >= 0.6 is 0 Å². The Hall–Kier alpha value is -3.95. The van der Waals surface area contributed by atoms with Gasteiger partial charge in [-0.3, -0.25) is 18.7 Å². The number of methoxy groups -OCH3 is 1. The van der Waals surface area contributed by atoms with Crippen LogP contribution in [0.1, 0.15) is 47.3 Å². The number of nitrogens with one attached hydrogen (secondary N) is 1. The molecule has 3 N–H and O–H groups in total. The lowest BCUT2D eigenvalue weighted by atomic mass is 10.1. The molecule has 1 saturated heterocycles. The second kappa shape index (κ2) is 11.8. The first-order chi connectivity index (χ1) is 18.7. The average molecular weight is 537 g/mol. The van der Waals surface area contributed by atoms with E-state index in [-0.39, 0.29) is 42.3 Å². The van der Waals surface area contributed by atoms with Gasteiger partial charge in [-0.05, 0) is 39.7 Å². The van der Waals surface area contributed by atoms with Crippen LogP contribution in [0.3, 0.4) is 0 Å². The van der Waals surface area contributed by atoms with Gasteiger partial charge in [-0.25, -0.2) is 14.8 Å². The molecular formula is C27H36N8O4. The molecule has 0 aromatic carbocycles. The van der Waals surface area contributed by atoms with E-state index in [1.54, 1.807) is 25.6 Å². The molecule has 0 radical (unpaired) electrons. The highest BCUT2D eigenvalue weighted by atomic mass is 16.5. The Morgan fingerprint density at radius 3 is 2.56 bits per heavy atom. The minimum Gasteiger partial charge on any atom is -0.383 e. The number of piperidine rings is 1. The minimum atomic E-state index is -0.568. The Labute approximate surface area is 226 Å². The highest BCUT2D eigenvalue weighted by molar-refractivity contribution is 6.11. The van der Waals surface area contributed by atoms with Gasteiger partial charge >= 0.3 is 5.69 Å². The molecule has 39 heavy (non-hydrogen) atoms. The van der Waals surface area contributed by atoms with Crippen LogP contribution in [0, 0.1) is 25.7 Å². The fourth-order valence-corrected chi connectivity index (χ4v) is 5.19. The fraction of sp³-hybridized carbons (Fsp3) is 0.519. The number of nitrogens with two attached hydrogens (primary N) is 1. The van der Waals surface area contributed by atoms with Gasteiger partial charge < -0.3 is 25.3 Å². The van der Waals surface area contributed by atoms with Crippen LogP contribution in [-0.4, -0.2) is 69.0 Å². The molecule has 0 bridgehead atoms. The van der Waals surface area contributed by atoms with Crippen molar-refractivity contribution in [2.24, 2.45) is 12.8 Å². The van der Waals surface area contributed by atoms with E-state index in [4.69, 9.17) is 10.5 Å². The smallest absolute Gasteiger partial charge is 0.331 e. The summed E-state index contributed by atoms with van der Waals surface area (Å²) in [6.45, 7) is 7.18. The van der Waals surface area contributed by atoms with Gasteiger partial charge in [0.1, 0.15) is 22.7 Å². The zero-order chi connectivity index (χ0) is 28.3. The third-order valence-corrected chi connectivity index (χ3v) is 6.83. The number of carbonyl (C=O) groups is 1. The summed E-state index contributed by atoms with van der Waals surface area (Å²) in [5, 5.41) is 2.87. The number of rotatable bonds is 8. The molecule has 12 nitrogen and oxygen atoms in total. The number of carbonyl (C=O) groups excluding carboxylic acids is 1. The third kappa shape index (κ3) is 5.60. The molecule has 0 aliphatic carbocycles. The molecule has 1 aliphatic rings. The van der Waals surface area contributed by atoms with Crippen molar-refractivity contribution in [3.05, 3.63) is 49.7 Å². The van der Waals surface area contributed by atoms with E-state index < -0.39 is 17.2 Å². The summed E-state index contributed by atoms with van der Waals surface area (Å²) in [7, 11) is 3.12. The summed E-state index contributed by atoms with van der Waals surface area (Å²) < 4.78 is 9.32. The molecule has 0 saturated carbocycles. The van der Waals surface area contributed by atoms with Crippen molar-refractivity contribution in [3.63, 3.8) is 0 Å². The Kier molecular flexibility index (Phi) is 8.52. The van der Waals surface area contributed by atoms with Crippen LogP contribution in [0.5, 0.6) is 0 Å². The molecule has 1 amide bonds. The van der Waals surface area contributed by atoms with Gasteiger partial charge in [0.2, 0.25) is 0 Å². The predicted molar refractivity (Wildman–Crippen MR) is 149 cm³/mol. The number of fused-ring (bicyclic) bond motifs is 1. The third-order valence-electron chi connectivity index (χ3n) is 6.83. The van der Waals surface area contributed by atoms with Gasteiger partial charge in [0.25, 0.3) is 11.5 Å². The standard InChI is InChI=1S/C27H36N8O4/c1-6-7-12-34-23-22(21(24(36)29-10-13-39-5)25(34)33-11-8-9-19(28)15-33)32(4)27(38)35(26(23)37)16-20-30-17(2)14-18(3)31-20/h14,19H,8-13,15-16,28H2,1-5H3,(H,29,36)/t19-/m1/s1. The largest absolute Gasteiger partial charge is 0.383 e. The maximum atomic E-state index is 14.1. The Morgan fingerprint density at radius 2 is 1.92 bits per heavy atom. The summed E-state index contributed by atoms with van der Waals surface area (Å²) in [4.78, 5) is 52.3. The highest BCUT2D eigenvalue weighted by Gasteiger charge is 2.32. The van der Waals surface area contributed by atoms with E-state index in [0.29, 0.717) is 31.3 Å². The molecule has 1 atom stereocenters. The quantitative estimate of drug-likeness (QED) is 0.309. The number of aromatic nitrogens is 5. The molecule has 4 heterocycles. The Bertz CT molecular complexity index is 1550. The van der Waals surface area contributed by atoms with Crippen LogP contribution in [-0.2, 0) is 24.9 Å². The summed E-state index contributed by atoms with van der Waals surface area (Å²) in [6.07, 6.45) is 1.70. The summed E-state index contributed by atoms with van der Waals surface area (Å²) >= 11 is 0. The molecule has 1 fully saturated rings. The van der Waals surface area contributed by atoms with Crippen molar-refractivity contribution in [1.29, 1.82) is 0 Å². The summed E-state index contributed by atoms with van der Waals surface area (Å²) in [6, 6.07) is 1.74. The lowest BCUT2D eigenvalue weighted by Gasteiger charge is -2.33. The number of nitrogens with zero attached hydrogens (tertiary/aromatic N) is 6. The SMILES string of the molecule is CC#CCn1c(N2CCC[C@@H](N)C2)c(C(=O)NCCOC)c2c1c(=O)n(Cc1nc(C)cc(C)n1)c(=O)n2C. The van der Waals surface area contributed by atoms with Crippen LogP contribution in [0.15, 0.2) is 15.7 Å². The van der Waals surface area contributed by atoms with E-state index in [0.717, 1.165) is 28.8 Å². The normalized spacial score (nSPS) is 15.3. The average Bonchev–Trinajstić information content (AvgIpc) is 3.23. The number of anilines is 1. The monoisotopic (exact) mass is 536 g/mol. The summed E-state index contributed by atoms with van der Waals surface area (Å²) in [5.41, 5.74) is 7.42. The van der Waals surface area contributed by atoms with Crippen LogP contribution in [0.2, 0.25) is 0 Å². The highest BCUT2D eigenvalue weighted by Crippen LogP contribution is 2.32. The van der Waals surface area contributed by atoms with Crippen molar-refractivity contribution in [2.75, 3.05) is 38.3 Å². The second-order valence-electron chi connectivity index (χ2n) is 9.81. The lowest BCUT2D eigenvalue weighted by molar-refractivity contribution is 0.0938. The Morgan fingerprint density at radius 1 is 1.21 bits per heavy atom. The first kappa shape index (κ1) is 28.1. The molecule has 3 aromatic rings. The number of hydrogen-bond acceptors (Lipinski definition) is 8. The van der Waals surface area contributed by atoms with Gasteiger partial charge in [0.15, 0.2) is 0 Å². The molecule has 4 rings (SSSR count). The van der Waals surface area contributed by atoms with Gasteiger partial charge in [-0.15, -0.1) is 5.92 Å². The predicted octanol–water partition coefficient (Wildman–Crippen LogP) is 0.284. The first-order valence-electron chi connectivity index (χ1n) is 13.0. The van der Waals surface area contributed by atoms with Crippen LogP contribution in [0.4, 0.5) is 5.82 Å². The van der Waals surface area contributed by atoms with Gasteiger partial charge in [-0.2, -0.15) is 0 Å². The maximum Gasteiger partial charge on any atom is 0.331 e. The zero-order valence-corrected chi connectivity index (χ0v) is 23.2. The van der Waals surface area contributed by atoms with E-state index in [2.05, 4.69) is 27.1 Å². The van der Waals surface area contributed by atoms with Crippen LogP contribution < -0.4 is 27.2 Å². The molecule has 1 aliphatic heterocycles. The molecule has 0 unspecified atom stereocenters. The molecule has 12 heteroatoms. The Balaban J connectivity index is 2.04. The molecular weight excluding hydrogens is 500 g/mol. The lowest BCUT2D eigenvalue weighted by Crippen LogP contribution is -2.44. The first-order valence-corrected chi connectivity index (χ1v) is 13.0. The fourth-order valence-electron chi connectivity index (χ4n) is 5.19. The van der Waals surface area contributed by atoms with Crippen molar-refractivity contribution in [2.45, 2.75) is 52.7 Å². The van der Waals surface area contributed by atoms with Crippen molar-refractivity contribution in [3.8, 4) is 11.8 Å². The summed E-state index contributed by atoms with van der Waals surface area (Å²) in [5.74, 6) is 6.41. The van der Waals surface area contributed by atoms with E-state index in [1.165, 1.54) is 4.57 Å². The van der Waals surface area contributed by atoms with E-state index in [9.17, 15) is 14.4 Å². The van der Waals surface area contributed by atoms with Gasteiger partial charge in [-0.1, -0.05) is 5.92 Å². The van der Waals surface area contributed by atoms with E-state index >= 15 is 0 Å². The molecule has 208 valence electrons. The van der Waals surface area contributed by atoms with E-state index in [1.807, 2.05) is 24.8 Å². The second-order valence-corrected chi connectivity index (χ2v) is 9.81. The minimum absolute atomic E-state index is 0.0888. The molecule has 0 spiro atoms.